The summed E-state index contributed by atoms with van der Waals surface area (Å²) in [5.41, 5.74) is 1.21. The van der Waals surface area contributed by atoms with Gasteiger partial charge in [-0.25, -0.2) is 0 Å². The van der Waals surface area contributed by atoms with Crippen molar-refractivity contribution < 1.29 is 9.66 Å². The fourth-order valence-corrected chi connectivity index (χ4v) is 2.56. The van der Waals surface area contributed by atoms with E-state index < -0.39 is 0 Å². The first-order valence-corrected chi connectivity index (χ1v) is 8.55. The van der Waals surface area contributed by atoms with Gasteiger partial charge in [0, 0.05) is 44.0 Å². The highest BCUT2D eigenvalue weighted by Gasteiger charge is 2.28. The van der Waals surface area contributed by atoms with E-state index in [1.807, 2.05) is 39.8 Å². The molecule has 2 heterocycles. The zero-order chi connectivity index (χ0) is 17.2. The van der Waals surface area contributed by atoms with Crippen molar-refractivity contribution in [2.45, 2.75) is 33.7 Å². The second-order valence-corrected chi connectivity index (χ2v) is 4.99. The average molecular weight is 323 g/mol. The Hall–Kier alpha value is -1.66. The van der Waals surface area contributed by atoms with Crippen LogP contribution in [0.25, 0.3) is 0 Å². The minimum atomic E-state index is -0.363. The molecule has 0 atom stereocenters. The Morgan fingerprint density at radius 1 is 1.00 bits per heavy atom. The van der Waals surface area contributed by atoms with Gasteiger partial charge in [0.25, 0.3) is 5.69 Å². The van der Waals surface area contributed by atoms with Crippen LogP contribution in [0.2, 0.25) is 0 Å². The van der Waals surface area contributed by atoms with Gasteiger partial charge in [-0.1, -0.05) is 27.7 Å². The summed E-state index contributed by atoms with van der Waals surface area (Å²) in [5, 5.41) is 10.6. The third kappa shape index (κ3) is 5.18. The summed E-state index contributed by atoms with van der Waals surface area (Å²) in [6.07, 6.45) is 0. The summed E-state index contributed by atoms with van der Waals surface area (Å²) in [6, 6.07) is 7.41. The van der Waals surface area contributed by atoms with Gasteiger partial charge in [-0.15, -0.1) is 0 Å². The first kappa shape index (κ1) is 19.4. The molecule has 0 amide bonds. The van der Waals surface area contributed by atoms with Gasteiger partial charge in [-0.05, 0) is 12.1 Å². The second kappa shape index (κ2) is 10.2. The Balaban J connectivity index is 0.000000615. The molecule has 0 bridgehead atoms. The molecule has 0 saturated carbocycles. The first-order valence-electron chi connectivity index (χ1n) is 8.55. The van der Waals surface area contributed by atoms with Crippen LogP contribution in [-0.4, -0.2) is 55.3 Å². The molecule has 0 aromatic heterocycles. The number of ether oxygens (including phenoxy) is 1. The van der Waals surface area contributed by atoms with Crippen LogP contribution in [0.15, 0.2) is 24.3 Å². The molecule has 6 nitrogen and oxygen atoms in total. The Morgan fingerprint density at radius 2 is 1.52 bits per heavy atom. The molecule has 23 heavy (non-hydrogen) atoms. The Kier molecular flexibility index (Phi) is 8.58. The fourth-order valence-electron chi connectivity index (χ4n) is 2.56. The highest BCUT2D eigenvalue weighted by molar-refractivity contribution is 5.51. The molecule has 2 aliphatic rings. The molecule has 1 aromatic carbocycles. The zero-order valence-electron chi connectivity index (χ0n) is 14.7. The van der Waals surface area contributed by atoms with Crippen molar-refractivity contribution in [1.82, 2.24) is 4.90 Å². The topological polar surface area (TPSA) is 58.9 Å². The molecule has 6 heteroatoms. The highest BCUT2D eigenvalue weighted by atomic mass is 16.6. The molecule has 0 radical (unpaired) electrons. The number of non-ortho nitro benzene ring substituents is 1. The summed E-state index contributed by atoms with van der Waals surface area (Å²) in [4.78, 5) is 15.0. The van der Waals surface area contributed by atoms with Crippen molar-refractivity contribution >= 4 is 11.4 Å². The van der Waals surface area contributed by atoms with Crippen LogP contribution in [0.5, 0.6) is 0 Å². The van der Waals surface area contributed by atoms with Crippen molar-refractivity contribution in [1.29, 1.82) is 0 Å². The van der Waals surface area contributed by atoms with Crippen LogP contribution in [0.3, 0.4) is 0 Å². The van der Waals surface area contributed by atoms with Crippen LogP contribution < -0.4 is 4.90 Å². The predicted octanol–water partition coefficient (Wildman–Crippen LogP) is 3.17. The molecule has 0 aliphatic carbocycles. The molecule has 3 rings (SSSR count). The van der Waals surface area contributed by atoms with E-state index in [0.717, 1.165) is 45.1 Å². The summed E-state index contributed by atoms with van der Waals surface area (Å²) in [6.45, 7) is 13.7. The van der Waals surface area contributed by atoms with Gasteiger partial charge in [-0.2, -0.15) is 0 Å². The van der Waals surface area contributed by atoms with Gasteiger partial charge < -0.3 is 9.64 Å². The van der Waals surface area contributed by atoms with Crippen LogP contribution in [0.4, 0.5) is 11.4 Å². The monoisotopic (exact) mass is 323 g/mol. The Bertz CT molecular complexity index is 453. The number of hydrogen-bond donors (Lipinski definition) is 0. The van der Waals surface area contributed by atoms with Crippen molar-refractivity contribution in [2.75, 3.05) is 44.3 Å². The van der Waals surface area contributed by atoms with Gasteiger partial charge in [0.15, 0.2) is 0 Å². The third-order valence-electron chi connectivity index (χ3n) is 3.88. The fraction of sp³-hybridized carbons (Fsp3) is 0.647. The van der Waals surface area contributed by atoms with E-state index in [2.05, 4.69) is 9.80 Å². The van der Waals surface area contributed by atoms with E-state index in [0.29, 0.717) is 6.04 Å². The molecular weight excluding hydrogens is 294 g/mol. The Morgan fingerprint density at radius 3 is 1.91 bits per heavy atom. The normalized spacial score (nSPS) is 18.0. The largest absolute Gasteiger partial charge is 0.378 e. The molecule has 2 fully saturated rings. The number of hydrogen-bond acceptors (Lipinski definition) is 5. The summed E-state index contributed by atoms with van der Waals surface area (Å²) in [5.74, 6) is 0. The lowest BCUT2D eigenvalue weighted by atomic mass is 10.1. The molecule has 2 aliphatic heterocycles. The Labute approximate surface area is 139 Å². The number of nitro benzene ring substituents is 1. The summed E-state index contributed by atoms with van der Waals surface area (Å²) in [7, 11) is 0. The maximum Gasteiger partial charge on any atom is 0.269 e. The maximum absolute atomic E-state index is 10.6. The van der Waals surface area contributed by atoms with Crippen molar-refractivity contribution in [3.63, 3.8) is 0 Å². The number of nitro groups is 1. The summed E-state index contributed by atoms with van der Waals surface area (Å²) >= 11 is 0. The number of nitrogens with zero attached hydrogens (tertiary/aromatic N) is 3. The quantitative estimate of drug-likeness (QED) is 0.631. The highest BCUT2D eigenvalue weighted by Crippen LogP contribution is 2.22. The molecule has 0 N–H and O–H groups in total. The average Bonchev–Trinajstić information content (AvgIpc) is 2.58. The lowest BCUT2D eigenvalue weighted by Gasteiger charge is -2.43. The van der Waals surface area contributed by atoms with E-state index in [1.54, 1.807) is 12.1 Å². The molecule has 1 aromatic rings. The minimum Gasteiger partial charge on any atom is -0.378 e. The van der Waals surface area contributed by atoms with E-state index in [9.17, 15) is 10.1 Å². The van der Waals surface area contributed by atoms with Crippen LogP contribution in [0.1, 0.15) is 27.7 Å². The SMILES string of the molecule is CC.CC.O=[N+]([O-])c1ccc(N2CCN(C3COC3)CC2)cc1. The third-order valence-corrected chi connectivity index (χ3v) is 3.88. The van der Waals surface area contributed by atoms with E-state index in [-0.39, 0.29) is 10.6 Å². The van der Waals surface area contributed by atoms with E-state index in [1.165, 1.54) is 0 Å². The molecule has 2 saturated heterocycles. The lowest BCUT2D eigenvalue weighted by Crippen LogP contribution is -2.56. The maximum atomic E-state index is 10.6. The molecule has 0 unspecified atom stereocenters. The van der Waals surface area contributed by atoms with Gasteiger partial charge >= 0.3 is 0 Å². The predicted molar refractivity (Wildman–Crippen MR) is 94.2 cm³/mol. The lowest BCUT2D eigenvalue weighted by molar-refractivity contribution is -0.384. The smallest absolute Gasteiger partial charge is 0.269 e. The number of anilines is 1. The van der Waals surface area contributed by atoms with Gasteiger partial charge in [0.05, 0.1) is 24.2 Å². The molecule has 0 spiro atoms. The van der Waals surface area contributed by atoms with Crippen LogP contribution >= 0.6 is 0 Å². The number of benzene rings is 1. The zero-order valence-corrected chi connectivity index (χ0v) is 14.7. The number of piperazine rings is 1. The van der Waals surface area contributed by atoms with Crippen molar-refractivity contribution in [3.05, 3.63) is 34.4 Å². The van der Waals surface area contributed by atoms with E-state index in [4.69, 9.17) is 4.74 Å². The minimum absolute atomic E-state index is 0.147. The van der Waals surface area contributed by atoms with E-state index >= 15 is 0 Å². The first-order chi connectivity index (χ1) is 11.2. The molecule has 130 valence electrons. The standard InChI is InChI=1S/C13H17N3O3.2C2H6/c17-16(18)12-3-1-11(2-4-12)14-5-7-15(8-6-14)13-9-19-10-13;2*1-2/h1-4,13H,5-10H2;2*1-2H3. The van der Waals surface area contributed by atoms with Crippen molar-refractivity contribution in [3.8, 4) is 0 Å². The molecular formula is C17H29N3O3. The summed E-state index contributed by atoms with van der Waals surface area (Å²) < 4.78 is 5.22. The number of rotatable bonds is 3. The van der Waals surface area contributed by atoms with Crippen molar-refractivity contribution in [2.24, 2.45) is 0 Å². The van der Waals surface area contributed by atoms with Gasteiger partial charge in [0.2, 0.25) is 0 Å². The second-order valence-electron chi connectivity index (χ2n) is 4.99. The van der Waals surface area contributed by atoms with Gasteiger partial charge in [-0.3, -0.25) is 15.0 Å². The van der Waals surface area contributed by atoms with Crippen LogP contribution in [-0.2, 0) is 4.74 Å². The van der Waals surface area contributed by atoms with Gasteiger partial charge in [0.1, 0.15) is 0 Å². The van der Waals surface area contributed by atoms with Crippen LogP contribution in [0, 0.1) is 10.1 Å².